The smallest absolute Gasteiger partial charge is 0.0991 e. The van der Waals surface area contributed by atoms with Gasteiger partial charge in [0.25, 0.3) is 0 Å². The van der Waals surface area contributed by atoms with Crippen molar-refractivity contribution in [2.45, 2.75) is 51.3 Å². The molecule has 0 amide bonds. The van der Waals surface area contributed by atoms with Crippen LogP contribution in [0.3, 0.4) is 0 Å². The minimum atomic E-state index is 0.406. The summed E-state index contributed by atoms with van der Waals surface area (Å²) in [4.78, 5) is 0. The summed E-state index contributed by atoms with van der Waals surface area (Å²) >= 11 is 0. The highest BCUT2D eigenvalue weighted by atomic mass is 16.5. The van der Waals surface area contributed by atoms with E-state index in [9.17, 15) is 0 Å². The number of nitriles is 1. The third-order valence-electron chi connectivity index (χ3n) is 5.05. The van der Waals surface area contributed by atoms with Crippen LogP contribution in [0.15, 0.2) is 24.3 Å². The third kappa shape index (κ3) is 2.24. The Kier molecular flexibility index (Phi) is 3.78. The maximum atomic E-state index is 8.93. The number of rotatable bonds is 5. The summed E-state index contributed by atoms with van der Waals surface area (Å²) in [6.07, 6.45) is 5.53. The number of nitrogens with one attached hydrogen (secondary N) is 1. The molecule has 0 radical (unpaired) electrons. The van der Waals surface area contributed by atoms with Gasteiger partial charge >= 0.3 is 0 Å². The third-order valence-corrected chi connectivity index (χ3v) is 5.05. The molecule has 2 atom stereocenters. The summed E-state index contributed by atoms with van der Waals surface area (Å²) in [5.41, 5.74) is 2.34. The minimum absolute atomic E-state index is 0.406. The van der Waals surface area contributed by atoms with Crippen molar-refractivity contribution in [3.05, 3.63) is 35.4 Å². The summed E-state index contributed by atoms with van der Waals surface area (Å²) < 4.78 is 5.87. The van der Waals surface area contributed by atoms with Crippen molar-refractivity contribution in [3.8, 4) is 6.07 Å². The number of benzene rings is 1. The van der Waals surface area contributed by atoms with Gasteiger partial charge < -0.3 is 10.1 Å². The maximum Gasteiger partial charge on any atom is 0.0991 e. The first-order valence-corrected chi connectivity index (χ1v) is 7.62. The minimum Gasteiger partial charge on any atom is -0.378 e. The summed E-state index contributed by atoms with van der Waals surface area (Å²) in [6.45, 7) is 3.75. The van der Waals surface area contributed by atoms with Gasteiger partial charge in [-0.25, -0.2) is 0 Å². The van der Waals surface area contributed by atoms with E-state index in [1.165, 1.54) is 24.8 Å². The molecule has 0 bridgehead atoms. The molecular formula is C17H22N2O. The standard InChI is InChI=1S/C17H22N2O/c1-2-20-16-10-15(17(16)7-4-8-17)19-12-14-6-3-5-13(9-14)11-18/h3,5-6,9,15-16,19H,2,4,7-8,10,12H2,1H3. The van der Waals surface area contributed by atoms with Crippen LogP contribution in [0.4, 0.5) is 0 Å². The number of nitrogens with zero attached hydrogens (tertiary/aromatic N) is 1. The van der Waals surface area contributed by atoms with Crippen LogP contribution < -0.4 is 5.32 Å². The maximum absolute atomic E-state index is 8.93. The fraction of sp³-hybridized carbons (Fsp3) is 0.588. The fourth-order valence-electron chi connectivity index (χ4n) is 3.72. The average Bonchev–Trinajstić information content (AvgIpc) is 2.40. The first-order chi connectivity index (χ1) is 9.78. The predicted molar refractivity (Wildman–Crippen MR) is 78.1 cm³/mol. The van der Waals surface area contributed by atoms with Crippen molar-refractivity contribution in [1.82, 2.24) is 5.32 Å². The van der Waals surface area contributed by atoms with Crippen LogP contribution in [0, 0.1) is 16.7 Å². The number of ether oxygens (including phenoxy) is 1. The number of hydrogen-bond donors (Lipinski definition) is 1. The van der Waals surface area contributed by atoms with E-state index in [0.29, 0.717) is 17.6 Å². The lowest BCUT2D eigenvalue weighted by Crippen LogP contribution is -2.66. The van der Waals surface area contributed by atoms with Gasteiger partial charge in [-0.05, 0) is 43.9 Å². The normalized spacial score (nSPS) is 26.6. The molecule has 106 valence electrons. The molecule has 1 N–H and O–H groups in total. The van der Waals surface area contributed by atoms with Gasteiger partial charge in [0.05, 0.1) is 17.7 Å². The summed E-state index contributed by atoms with van der Waals surface area (Å²) in [5, 5.41) is 12.6. The van der Waals surface area contributed by atoms with Crippen LogP contribution in [0.1, 0.15) is 43.7 Å². The molecule has 0 heterocycles. The van der Waals surface area contributed by atoms with E-state index in [1.54, 1.807) is 0 Å². The Morgan fingerprint density at radius 2 is 2.30 bits per heavy atom. The van der Waals surface area contributed by atoms with E-state index in [0.717, 1.165) is 25.1 Å². The Hall–Kier alpha value is -1.37. The summed E-state index contributed by atoms with van der Waals surface area (Å²) in [5.74, 6) is 0. The van der Waals surface area contributed by atoms with Crippen molar-refractivity contribution in [3.63, 3.8) is 0 Å². The lowest BCUT2D eigenvalue weighted by molar-refractivity contribution is -0.173. The average molecular weight is 270 g/mol. The topological polar surface area (TPSA) is 45.0 Å². The Bertz CT molecular complexity index is 516. The monoisotopic (exact) mass is 270 g/mol. The zero-order valence-electron chi connectivity index (χ0n) is 12.1. The zero-order chi connectivity index (χ0) is 14.0. The largest absolute Gasteiger partial charge is 0.378 e. The van der Waals surface area contributed by atoms with Crippen LogP contribution in [-0.2, 0) is 11.3 Å². The lowest BCUT2D eigenvalue weighted by Gasteiger charge is -2.61. The molecule has 1 spiro atoms. The van der Waals surface area contributed by atoms with Gasteiger partial charge in [-0.1, -0.05) is 18.6 Å². The Morgan fingerprint density at radius 1 is 1.45 bits per heavy atom. The Labute approximate surface area is 120 Å². The second-order valence-electron chi connectivity index (χ2n) is 6.01. The van der Waals surface area contributed by atoms with Crippen LogP contribution in [0.5, 0.6) is 0 Å². The molecule has 3 rings (SSSR count). The first-order valence-electron chi connectivity index (χ1n) is 7.62. The van der Waals surface area contributed by atoms with Crippen molar-refractivity contribution in [2.24, 2.45) is 5.41 Å². The first kappa shape index (κ1) is 13.6. The van der Waals surface area contributed by atoms with Gasteiger partial charge in [-0.2, -0.15) is 5.26 Å². The molecule has 1 aromatic carbocycles. The van der Waals surface area contributed by atoms with Gasteiger partial charge in [-0.3, -0.25) is 0 Å². The summed E-state index contributed by atoms with van der Waals surface area (Å²) in [6, 6.07) is 10.6. The van der Waals surface area contributed by atoms with Crippen molar-refractivity contribution in [1.29, 1.82) is 5.26 Å². The molecule has 2 unspecified atom stereocenters. The molecule has 2 aliphatic carbocycles. The molecule has 0 saturated heterocycles. The van der Waals surface area contributed by atoms with Crippen molar-refractivity contribution in [2.75, 3.05) is 6.61 Å². The van der Waals surface area contributed by atoms with E-state index in [2.05, 4.69) is 24.4 Å². The highest BCUT2D eigenvalue weighted by Gasteiger charge is 2.58. The van der Waals surface area contributed by atoms with Gasteiger partial charge in [0, 0.05) is 24.6 Å². The molecule has 20 heavy (non-hydrogen) atoms. The van der Waals surface area contributed by atoms with Crippen LogP contribution in [0.2, 0.25) is 0 Å². The highest BCUT2D eigenvalue weighted by Crippen LogP contribution is 2.57. The van der Waals surface area contributed by atoms with Gasteiger partial charge in [0.2, 0.25) is 0 Å². The van der Waals surface area contributed by atoms with Crippen LogP contribution >= 0.6 is 0 Å². The molecule has 0 aromatic heterocycles. The van der Waals surface area contributed by atoms with Crippen LogP contribution in [0.25, 0.3) is 0 Å². The quantitative estimate of drug-likeness (QED) is 0.894. The Morgan fingerprint density at radius 3 is 2.95 bits per heavy atom. The molecule has 2 aliphatic rings. The molecular weight excluding hydrogens is 248 g/mol. The van der Waals surface area contributed by atoms with Crippen molar-refractivity contribution >= 4 is 0 Å². The lowest BCUT2D eigenvalue weighted by atomic mass is 9.51. The molecule has 3 nitrogen and oxygen atoms in total. The van der Waals surface area contributed by atoms with Gasteiger partial charge in [0.15, 0.2) is 0 Å². The van der Waals surface area contributed by atoms with E-state index in [-0.39, 0.29) is 0 Å². The molecule has 1 aromatic rings. The van der Waals surface area contributed by atoms with E-state index >= 15 is 0 Å². The fourth-order valence-corrected chi connectivity index (χ4v) is 3.72. The molecule has 2 fully saturated rings. The predicted octanol–water partition coefficient (Wildman–Crippen LogP) is 3.00. The van der Waals surface area contributed by atoms with Crippen LogP contribution in [-0.4, -0.2) is 18.8 Å². The summed E-state index contributed by atoms with van der Waals surface area (Å²) in [7, 11) is 0. The molecule has 2 saturated carbocycles. The second-order valence-corrected chi connectivity index (χ2v) is 6.01. The second kappa shape index (κ2) is 5.55. The molecule has 0 aliphatic heterocycles. The van der Waals surface area contributed by atoms with E-state index in [1.807, 2.05) is 18.2 Å². The van der Waals surface area contributed by atoms with Gasteiger partial charge in [0.1, 0.15) is 0 Å². The van der Waals surface area contributed by atoms with Gasteiger partial charge in [-0.15, -0.1) is 0 Å². The zero-order valence-corrected chi connectivity index (χ0v) is 12.1. The van der Waals surface area contributed by atoms with E-state index in [4.69, 9.17) is 10.00 Å². The SMILES string of the molecule is CCOC1CC(NCc2cccc(C#N)c2)C12CCC2. The van der Waals surface area contributed by atoms with Crippen molar-refractivity contribution < 1.29 is 4.74 Å². The highest BCUT2D eigenvalue weighted by molar-refractivity contribution is 5.32. The Balaban J connectivity index is 1.58. The van der Waals surface area contributed by atoms with E-state index < -0.39 is 0 Å². The number of hydrogen-bond acceptors (Lipinski definition) is 3. The molecule has 3 heteroatoms.